The zero-order valence-corrected chi connectivity index (χ0v) is 15.4. The summed E-state index contributed by atoms with van der Waals surface area (Å²) in [5.41, 5.74) is 3.73. The lowest BCUT2D eigenvalue weighted by Crippen LogP contribution is -2.19. The lowest BCUT2D eigenvalue weighted by molar-refractivity contribution is -0.120. The third kappa shape index (κ3) is 4.56. The second kappa shape index (κ2) is 8.12. The van der Waals surface area contributed by atoms with Crippen LogP contribution < -0.4 is 10.2 Å². The van der Waals surface area contributed by atoms with Crippen LogP contribution in [0.4, 0.5) is 0 Å². The molecule has 0 aromatic heterocycles. The molecular weight excluding hydrogens is 428 g/mol. The van der Waals surface area contributed by atoms with Crippen molar-refractivity contribution in [2.45, 2.75) is 6.42 Å². The van der Waals surface area contributed by atoms with Crippen LogP contribution in [0.1, 0.15) is 11.1 Å². The number of hydrogen-bond acceptors (Lipinski definition) is 4. The topological polar surface area (TPSA) is 70.9 Å². The Kier molecular flexibility index (Phi) is 6.18. The quantitative estimate of drug-likeness (QED) is 0.549. The maximum Gasteiger partial charge on any atom is 0.244 e. The summed E-state index contributed by atoms with van der Waals surface area (Å²) in [6.07, 6.45) is 1.59. The number of halogens is 2. The highest BCUT2D eigenvalue weighted by atomic mass is 79.9. The van der Waals surface area contributed by atoms with Gasteiger partial charge in [-0.15, -0.1) is 0 Å². The minimum absolute atomic E-state index is 0.0661. The largest absolute Gasteiger partial charge is 0.504 e. The van der Waals surface area contributed by atoms with Crippen LogP contribution in [0.5, 0.6) is 11.5 Å². The van der Waals surface area contributed by atoms with Crippen LogP contribution in [-0.4, -0.2) is 24.3 Å². The van der Waals surface area contributed by atoms with Gasteiger partial charge < -0.3 is 9.84 Å². The highest BCUT2D eigenvalue weighted by molar-refractivity contribution is 9.13. The van der Waals surface area contributed by atoms with Gasteiger partial charge in [-0.3, -0.25) is 4.79 Å². The van der Waals surface area contributed by atoms with E-state index in [0.29, 0.717) is 20.3 Å². The predicted molar refractivity (Wildman–Crippen MR) is 95.9 cm³/mol. The van der Waals surface area contributed by atoms with Crippen molar-refractivity contribution in [2.75, 3.05) is 7.11 Å². The zero-order chi connectivity index (χ0) is 16.8. The Morgan fingerprint density at radius 3 is 2.70 bits per heavy atom. The van der Waals surface area contributed by atoms with Crippen molar-refractivity contribution in [3.63, 3.8) is 0 Å². The van der Waals surface area contributed by atoms with Gasteiger partial charge in [-0.1, -0.05) is 30.3 Å². The molecule has 0 saturated heterocycles. The van der Waals surface area contributed by atoms with Crippen molar-refractivity contribution < 1.29 is 14.6 Å². The van der Waals surface area contributed by atoms with Gasteiger partial charge in [0.1, 0.15) is 0 Å². The van der Waals surface area contributed by atoms with Crippen LogP contribution in [0.25, 0.3) is 0 Å². The molecule has 0 atom stereocenters. The maximum absolute atomic E-state index is 11.8. The summed E-state index contributed by atoms with van der Waals surface area (Å²) >= 11 is 6.70. The second-order valence-electron chi connectivity index (χ2n) is 4.59. The number of rotatable bonds is 5. The number of carbonyl (C=O) groups is 1. The summed E-state index contributed by atoms with van der Waals surface area (Å²) in [5.74, 6) is -0.00852. The van der Waals surface area contributed by atoms with Gasteiger partial charge in [0.25, 0.3) is 0 Å². The Balaban J connectivity index is 2.09. The molecule has 0 heterocycles. The minimum Gasteiger partial charge on any atom is -0.504 e. The highest BCUT2D eigenvalue weighted by Gasteiger charge is 2.14. The van der Waals surface area contributed by atoms with Crippen molar-refractivity contribution in [1.29, 1.82) is 0 Å². The molecule has 2 rings (SSSR count). The van der Waals surface area contributed by atoms with E-state index in [2.05, 4.69) is 42.4 Å². The summed E-state index contributed by atoms with van der Waals surface area (Å²) in [6.45, 7) is 0. The van der Waals surface area contributed by atoms with Crippen molar-refractivity contribution >= 4 is 44.0 Å². The van der Waals surface area contributed by atoms with Gasteiger partial charge in [0, 0.05) is 8.95 Å². The number of aromatic hydroxyl groups is 1. The van der Waals surface area contributed by atoms with Crippen molar-refractivity contribution in [2.24, 2.45) is 5.10 Å². The van der Waals surface area contributed by atoms with Crippen LogP contribution in [0.15, 0.2) is 50.4 Å². The number of nitrogens with one attached hydrogen (secondary N) is 1. The number of nitrogens with zero attached hydrogens (tertiary/aromatic N) is 1. The van der Waals surface area contributed by atoms with E-state index in [1.54, 1.807) is 6.07 Å². The first-order valence-corrected chi connectivity index (χ1v) is 8.22. The van der Waals surface area contributed by atoms with E-state index in [4.69, 9.17) is 4.74 Å². The van der Waals surface area contributed by atoms with E-state index >= 15 is 0 Å². The van der Waals surface area contributed by atoms with Crippen LogP contribution in [0.3, 0.4) is 0 Å². The highest BCUT2D eigenvalue weighted by Crippen LogP contribution is 2.39. The fourth-order valence-corrected chi connectivity index (χ4v) is 2.70. The van der Waals surface area contributed by atoms with Gasteiger partial charge in [-0.05, 0) is 43.5 Å². The van der Waals surface area contributed by atoms with E-state index in [-0.39, 0.29) is 18.1 Å². The molecule has 23 heavy (non-hydrogen) atoms. The number of carbonyl (C=O) groups excluding carboxylic acids is 1. The number of phenolic OH excluding ortho intramolecular Hbond substituents is 1. The van der Waals surface area contributed by atoms with Gasteiger partial charge in [-0.2, -0.15) is 5.10 Å². The molecule has 0 aliphatic carbocycles. The predicted octanol–water partition coefficient (Wildman–Crippen LogP) is 3.62. The van der Waals surface area contributed by atoms with Crippen molar-refractivity contribution in [3.05, 3.63) is 56.5 Å². The molecule has 0 unspecified atom stereocenters. The van der Waals surface area contributed by atoms with Crippen molar-refractivity contribution in [1.82, 2.24) is 5.43 Å². The van der Waals surface area contributed by atoms with E-state index in [9.17, 15) is 9.90 Å². The summed E-state index contributed by atoms with van der Waals surface area (Å²) in [6, 6.07) is 11.0. The summed E-state index contributed by atoms with van der Waals surface area (Å²) in [4.78, 5) is 11.8. The summed E-state index contributed by atoms with van der Waals surface area (Å²) in [7, 11) is 1.46. The Morgan fingerprint density at radius 2 is 2.04 bits per heavy atom. The average molecular weight is 442 g/mol. The molecule has 2 aromatic carbocycles. The molecule has 0 bridgehead atoms. The van der Waals surface area contributed by atoms with E-state index in [1.807, 2.05) is 30.3 Å². The molecule has 7 heteroatoms. The monoisotopic (exact) mass is 440 g/mol. The van der Waals surface area contributed by atoms with Gasteiger partial charge >= 0.3 is 0 Å². The molecule has 1 amide bonds. The Labute approximate surface area is 150 Å². The number of methoxy groups -OCH3 is 1. The molecule has 2 N–H and O–H groups in total. The first kappa shape index (κ1) is 17.5. The van der Waals surface area contributed by atoms with E-state index < -0.39 is 0 Å². The maximum atomic E-state index is 11.8. The summed E-state index contributed by atoms with van der Waals surface area (Å²) in [5, 5.41) is 14.0. The first-order valence-electron chi connectivity index (χ1n) is 6.63. The number of amides is 1. The Bertz CT molecular complexity index is 734. The SMILES string of the molecule is COc1cc(Br)c(Br)c(/C=N/NC(=O)Cc2ccccc2)c1O. The molecule has 0 saturated carbocycles. The fourth-order valence-electron chi connectivity index (χ4n) is 1.88. The number of hydrazone groups is 1. The first-order chi connectivity index (χ1) is 11.0. The molecule has 0 spiro atoms. The van der Waals surface area contributed by atoms with E-state index in [1.165, 1.54) is 13.3 Å². The summed E-state index contributed by atoms with van der Waals surface area (Å²) < 4.78 is 6.38. The van der Waals surface area contributed by atoms with Gasteiger partial charge in [0.05, 0.1) is 25.3 Å². The average Bonchev–Trinajstić information content (AvgIpc) is 2.55. The molecule has 0 aliphatic heterocycles. The molecule has 120 valence electrons. The third-order valence-corrected chi connectivity index (χ3v) is 5.01. The van der Waals surface area contributed by atoms with Crippen LogP contribution in [0, 0.1) is 0 Å². The van der Waals surface area contributed by atoms with Crippen LogP contribution in [-0.2, 0) is 11.2 Å². The van der Waals surface area contributed by atoms with Gasteiger partial charge in [-0.25, -0.2) is 5.43 Å². The standard InChI is InChI=1S/C16H14Br2N2O3/c1-23-13-8-12(17)15(18)11(16(13)22)9-19-20-14(21)7-10-5-3-2-4-6-10/h2-6,8-9,22H,7H2,1H3,(H,20,21)/b19-9+. The number of hydrogen-bond donors (Lipinski definition) is 2. The van der Waals surface area contributed by atoms with Gasteiger partial charge in [0.15, 0.2) is 11.5 Å². The number of phenols is 1. The molecule has 0 radical (unpaired) electrons. The second-order valence-corrected chi connectivity index (χ2v) is 6.24. The van der Waals surface area contributed by atoms with Crippen LogP contribution in [0.2, 0.25) is 0 Å². The Morgan fingerprint density at radius 1 is 1.35 bits per heavy atom. The zero-order valence-electron chi connectivity index (χ0n) is 12.2. The van der Waals surface area contributed by atoms with Crippen molar-refractivity contribution in [3.8, 4) is 11.5 Å². The van der Waals surface area contributed by atoms with Gasteiger partial charge in [0.2, 0.25) is 5.91 Å². The lowest BCUT2D eigenvalue weighted by Gasteiger charge is -2.09. The van der Waals surface area contributed by atoms with E-state index in [0.717, 1.165) is 5.56 Å². The number of ether oxygens (including phenoxy) is 1. The molecule has 5 nitrogen and oxygen atoms in total. The molecule has 2 aromatic rings. The normalized spacial score (nSPS) is 10.7. The molecule has 0 fully saturated rings. The minimum atomic E-state index is -0.245. The van der Waals surface area contributed by atoms with Crippen LogP contribution >= 0.6 is 31.9 Å². The third-order valence-electron chi connectivity index (χ3n) is 3.00. The molecular formula is C16H14Br2N2O3. The Hall–Kier alpha value is -1.86. The fraction of sp³-hybridized carbons (Fsp3) is 0.125. The smallest absolute Gasteiger partial charge is 0.244 e. The lowest BCUT2D eigenvalue weighted by atomic mass is 10.1. The molecule has 0 aliphatic rings. The number of benzene rings is 2.